The molecule has 1 rings (SSSR count). The fourth-order valence-electron chi connectivity index (χ4n) is 1.16. The van der Waals surface area contributed by atoms with Crippen molar-refractivity contribution in [2.45, 2.75) is 11.8 Å². The topological polar surface area (TPSA) is 74.7 Å². The van der Waals surface area contributed by atoms with Gasteiger partial charge in [0.15, 0.2) is 0 Å². The van der Waals surface area contributed by atoms with Crippen LogP contribution in [0.4, 0.5) is 0 Å². The van der Waals surface area contributed by atoms with Crippen LogP contribution in [0.2, 0.25) is 8.67 Å². The van der Waals surface area contributed by atoms with E-state index < -0.39 is 22.5 Å². The van der Waals surface area contributed by atoms with E-state index in [4.69, 9.17) is 28.3 Å². The molecular weight excluding hydrogens is 309 g/mol. The maximum atomic E-state index is 12.1. The van der Waals surface area contributed by atoms with Crippen LogP contribution in [0.15, 0.2) is 11.0 Å². The summed E-state index contributed by atoms with van der Waals surface area (Å²) in [6.07, 6.45) is 0. The van der Waals surface area contributed by atoms with E-state index in [1.54, 1.807) is 6.92 Å². The zero-order valence-corrected chi connectivity index (χ0v) is 11.8. The number of rotatable bonds is 5. The van der Waals surface area contributed by atoms with Gasteiger partial charge in [-0.15, -0.1) is 11.3 Å². The van der Waals surface area contributed by atoms with Crippen LogP contribution >= 0.6 is 34.5 Å². The highest BCUT2D eigenvalue weighted by atomic mass is 35.5. The van der Waals surface area contributed by atoms with Gasteiger partial charge in [0.1, 0.15) is 15.8 Å². The molecule has 1 aromatic heterocycles. The van der Waals surface area contributed by atoms with Crippen LogP contribution in [-0.2, 0) is 14.8 Å². The summed E-state index contributed by atoms with van der Waals surface area (Å²) in [5, 5.41) is 8.64. The molecule has 0 aromatic carbocycles. The lowest BCUT2D eigenvalue weighted by atomic mass is 10.6. The van der Waals surface area contributed by atoms with Crippen molar-refractivity contribution in [1.82, 2.24) is 4.31 Å². The largest absolute Gasteiger partial charge is 0.480 e. The average Bonchev–Trinajstić information content (AvgIpc) is 2.54. The van der Waals surface area contributed by atoms with Gasteiger partial charge < -0.3 is 5.11 Å². The third-order valence-corrected chi connectivity index (χ3v) is 5.58. The molecule has 96 valence electrons. The predicted molar refractivity (Wildman–Crippen MR) is 66.4 cm³/mol. The Bertz CT molecular complexity index is 526. The molecule has 0 bridgehead atoms. The molecule has 0 unspecified atom stereocenters. The van der Waals surface area contributed by atoms with Gasteiger partial charge in [0.25, 0.3) is 0 Å². The van der Waals surface area contributed by atoms with Crippen LogP contribution in [0.5, 0.6) is 0 Å². The Balaban J connectivity index is 3.17. The Kier molecular flexibility index (Phi) is 4.79. The zero-order chi connectivity index (χ0) is 13.2. The van der Waals surface area contributed by atoms with E-state index >= 15 is 0 Å². The predicted octanol–water partition coefficient (Wildman–Crippen LogP) is 2.15. The highest BCUT2D eigenvalue weighted by Gasteiger charge is 2.28. The summed E-state index contributed by atoms with van der Waals surface area (Å²) >= 11 is 12.3. The minimum Gasteiger partial charge on any atom is -0.480 e. The summed E-state index contributed by atoms with van der Waals surface area (Å²) in [5.41, 5.74) is 0. The van der Waals surface area contributed by atoms with Crippen LogP contribution in [0.3, 0.4) is 0 Å². The summed E-state index contributed by atoms with van der Waals surface area (Å²) < 4.78 is 25.2. The molecule has 0 saturated carbocycles. The van der Waals surface area contributed by atoms with Crippen molar-refractivity contribution in [1.29, 1.82) is 0 Å². The lowest BCUT2D eigenvalue weighted by Crippen LogP contribution is -2.35. The van der Waals surface area contributed by atoms with Gasteiger partial charge >= 0.3 is 5.97 Å². The first-order valence-electron chi connectivity index (χ1n) is 4.45. The Labute approximate surface area is 113 Å². The molecule has 0 radical (unpaired) electrons. The summed E-state index contributed by atoms with van der Waals surface area (Å²) in [6, 6.07) is 1.22. The van der Waals surface area contributed by atoms with Gasteiger partial charge in [0.2, 0.25) is 10.0 Å². The van der Waals surface area contributed by atoms with E-state index in [0.717, 1.165) is 15.6 Å². The van der Waals surface area contributed by atoms with E-state index in [1.807, 2.05) is 0 Å². The number of carboxylic acids is 1. The van der Waals surface area contributed by atoms with Gasteiger partial charge in [0, 0.05) is 6.54 Å². The first kappa shape index (κ1) is 14.7. The normalized spacial score (nSPS) is 12.0. The first-order valence-corrected chi connectivity index (χ1v) is 7.47. The second-order valence-corrected chi connectivity index (χ2v) is 7.21. The fraction of sp³-hybridized carbons (Fsp3) is 0.375. The number of halogens is 2. The molecule has 0 atom stereocenters. The molecule has 9 heteroatoms. The highest BCUT2D eigenvalue weighted by Crippen LogP contribution is 2.35. The van der Waals surface area contributed by atoms with Crippen molar-refractivity contribution in [3.05, 3.63) is 14.7 Å². The minimum absolute atomic E-state index is 0.0267. The summed E-state index contributed by atoms with van der Waals surface area (Å²) in [5.74, 6) is -1.23. The van der Waals surface area contributed by atoms with E-state index in [1.165, 1.54) is 6.07 Å². The van der Waals surface area contributed by atoms with E-state index in [9.17, 15) is 13.2 Å². The first-order chi connectivity index (χ1) is 7.78. The molecule has 0 aliphatic rings. The van der Waals surface area contributed by atoms with Gasteiger partial charge in [-0.3, -0.25) is 4.79 Å². The van der Waals surface area contributed by atoms with Crippen molar-refractivity contribution >= 4 is 50.5 Å². The SMILES string of the molecule is CCN(CC(=O)O)S(=O)(=O)c1cc(Cl)sc1Cl. The lowest BCUT2D eigenvalue weighted by molar-refractivity contribution is -0.137. The van der Waals surface area contributed by atoms with Crippen LogP contribution < -0.4 is 0 Å². The van der Waals surface area contributed by atoms with Gasteiger partial charge in [-0.25, -0.2) is 8.42 Å². The quantitative estimate of drug-likeness (QED) is 0.903. The molecule has 0 aliphatic carbocycles. The number of likely N-dealkylation sites (N-methyl/N-ethyl adjacent to an activating group) is 1. The molecule has 1 aromatic rings. The third-order valence-electron chi connectivity index (χ3n) is 1.91. The molecule has 0 aliphatic heterocycles. The van der Waals surface area contributed by atoms with Crippen molar-refractivity contribution in [3.8, 4) is 0 Å². The number of sulfonamides is 1. The molecule has 1 N–H and O–H groups in total. The smallest absolute Gasteiger partial charge is 0.318 e. The number of hydrogen-bond acceptors (Lipinski definition) is 4. The van der Waals surface area contributed by atoms with E-state index in [2.05, 4.69) is 0 Å². The average molecular weight is 318 g/mol. The Morgan fingerprint density at radius 2 is 2.12 bits per heavy atom. The number of hydrogen-bond donors (Lipinski definition) is 1. The standard InChI is InChI=1S/C8H9Cl2NO4S2/c1-2-11(4-7(12)13)17(14,15)5-3-6(9)16-8(5)10/h3H,2,4H2,1H3,(H,12,13). The molecule has 0 fully saturated rings. The minimum atomic E-state index is -3.91. The Morgan fingerprint density at radius 3 is 2.47 bits per heavy atom. The molecule has 0 amide bonds. The van der Waals surface area contributed by atoms with Crippen molar-refractivity contribution in [2.75, 3.05) is 13.1 Å². The number of carboxylic acid groups (broad SMARTS) is 1. The zero-order valence-electron chi connectivity index (χ0n) is 8.68. The van der Waals surface area contributed by atoms with Crippen LogP contribution in [0.1, 0.15) is 6.92 Å². The molecule has 0 saturated heterocycles. The van der Waals surface area contributed by atoms with E-state index in [-0.39, 0.29) is 20.1 Å². The van der Waals surface area contributed by atoms with Gasteiger partial charge in [-0.2, -0.15) is 4.31 Å². The number of nitrogens with zero attached hydrogens (tertiary/aromatic N) is 1. The second kappa shape index (κ2) is 5.53. The maximum Gasteiger partial charge on any atom is 0.318 e. The van der Waals surface area contributed by atoms with Crippen LogP contribution in [0, 0.1) is 0 Å². The van der Waals surface area contributed by atoms with Gasteiger partial charge in [-0.05, 0) is 6.07 Å². The molecule has 1 heterocycles. The Hall–Kier alpha value is -0.340. The van der Waals surface area contributed by atoms with Gasteiger partial charge in [-0.1, -0.05) is 30.1 Å². The number of carbonyl (C=O) groups is 1. The van der Waals surface area contributed by atoms with Gasteiger partial charge in [0.05, 0.1) is 4.34 Å². The van der Waals surface area contributed by atoms with E-state index in [0.29, 0.717) is 0 Å². The Morgan fingerprint density at radius 1 is 1.53 bits per heavy atom. The lowest BCUT2D eigenvalue weighted by Gasteiger charge is -2.17. The molecule has 5 nitrogen and oxygen atoms in total. The molecular formula is C8H9Cl2NO4S2. The summed E-state index contributed by atoms with van der Waals surface area (Å²) in [7, 11) is -3.91. The summed E-state index contributed by atoms with van der Waals surface area (Å²) in [4.78, 5) is 10.4. The fourth-order valence-corrected chi connectivity index (χ4v) is 4.67. The monoisotopic (exact) mass is 317 g/mol. The van der Waals surface area contributed by atoms with Crippen molar-refractivity contribution in [3.63, 3.8) is 0 Å². The summed E-state index contributed by atoms with van der Waals surface area (Å²) in [6.45, 7) is 0.976. The molecule has 0 spiro atoms. The maximum absolute atomic E-state index is 12.1. The van der Waals surface area contributed by atoms with Crippen molar-refractivity contribution in [2.24, 2.45) is 0 Å². The van der Waals surface area contributed by atoms with Crippen LogP contribution in [0.25, 0.3) is 0 Å². The molecule has 17 heavy (non-hydrogen) atoms. The highest BCUT2D eigenvalue weighted by molar-refractivity contribution is 7.89. The number of aliphatic carboxylic acids is 1. The second-order valence-electron chi connectivity index (χ2n) is 3.01. The van der Waals surface area contributed by atoms with Crippen LogP contribution in [-0.4, -0.2) is 36.9 Å². The van der Waals surface area contributed by atoms with Crippen molar-refractivity contribution < 1.29 is 18.3 Å². The number of thiophene rings is 1. The third kappa shape index (κ3) is 3.32.